The van der Waals surface area contributed by atoms with Crippen LogP contribution < -0.4 is 0 Å². The van der Waals surface area contributed by atoms with Crippen LogP contribution >= 0.6 is 23.2 Å². The number of rotatable bonds is 1. The van der Waals surface area contributed by atoms with Crippen molar-refractivity contribution in [2.75, 3.05) is 0 Å². The first-order chi connectivity index (χ1) is 6.62. The Morgan fingerprint density at radius 1 is 1.14 bits per heavy atom. The second-order valence-electron chi connectivity index (χ2n) is 3.86. The van der Waals surface area contributed by atoms with Crippen LogP contribution in [0.4, 0.5) is 0 Å². The smallest absolute Gasteiger partial charge is 0.0910 e. The van der Waals surface area contributed by atoms with Gasteiger partial charge in [-0.3, -0.25) is 0 Å². The first kappa shape index (κ1) is 10.3. The second-order valence-corrected chi connectivity index (χ2v) is 4.71. The molecule has 0 heterocycles. The van der Waals surface area contributed by atoms with E-state index in [-0.39, 0.29) is 0 Å². The van der Waals surface area contributed by atoms with Crippen molar-refractivity contribution < 1.29 is 5.11 Å². The van der Waals surface area contributed by atoms with E-state index in [0.717, 1.165) is 31.2 Å². The third-order valence-corrected chi connectivity index (χ3v) is 3.41. The Hall–Kier alpha value is -0.240. The molecule has 1 N–H and O–H groups in total. The molecule has 0 amide bonds. The maximum atomic E-state index is 10.3. The average molecular weight is 231 g/mol. The Bertz CT molecular complexity index is 343. The van der Waals surface area contributed by atoms with E-state index in [4.69, 9.17) is 23.2 Å². The zero-order chi connectivity index (χ0) is 10.2. The molecule has 1 aliphatic carbocycles. The molecule has 0 unspecified atom stereocenters. The standard InChI is InChI=1S/C11H12Cl2O/c12-8-3-4-9(10(13)7-8)11(14)5-1-2-6-11/h3-4,7,14H,1-2,5-6H2. The zero-order valence-electron chi connectivity index (χ0n) is 7.76. The first-order valence-corrected chi connectivity index (χ1v) is 5.55. The first-order valence-electron chi connectivity index (χ1n) is 4.80. The molecule has 1 saturated carbocycles. The molecule has 1 aromatic carbocycles. The van der Waals surface area contributed by atoms with Gasteiger partial charge in [0.05, 0.1) is 5.60 Å². The lowest BCUT2D eigenvalue weighted by Crippen LogP contribution is -2.21. The molecular weight excluding hydrogens is 219 g/mol. The number of aliphatic hydroxyl groups is 1. The summed E-state index contributed by atoms with van der Waals surface area (Å²) >= 11 is 11.9. The van der Waals surface area contributed by atoms with Crippen molar-refractivity contribution in [2.24, 2.45) is 0 Å². The summed E-state index contributed by atoms with van der Waals surface area (Å²) in [5.41, 5.74) is 0.0999. The van der Waals surface area contributed by atoms with E-state index in [1.807, 2.05) is 6.07 Å². The monoisotopic (exact) mass is 230 g/mol. The van der Waals surface area contributed by atoms with E-state index >= 15 is 0 Å². The maximum Gasteiger partial charge on any atom is 0.0910 e. The third-order valence-electron chi connectivity index (χ3n) is 2.86. The minimum absolute atomic E-state index is 0.571. The zero-order valence-corrected chi connectivity index (χ0v) is 9.28. The Kier molecular flexibility index (Phi) is 2.74. The van der Waals surface area contributed by atoms with Gasteiger partial charge in [0.1, 0.15) is 0 Å². The van der Waals surface area contributed by atoms with Crippen molar-refractivity contribution in [1.29, 1.82) is 0 Å². The highest BCUT2D eigenvalue weighted by Crippen LogP contribution is 2.41. The molecule has 0 radical (unpaired) electrons. The molecule has 2 rings (SSSR count). The summed E-state index contributed by atoms with van der Waals surface area (Å²) in [6, 6.07) is 5.30. The highest BCUT2D eigenvalue weighted by molar-refractivity contribution is 6.35. The van der Waals surface area contributed by atoms with E-state index in [0.29, 0.717) is 10.0 Å². The molecule has 0 spiro atoms. The summed E-state index contributed by atoms with van der Waals surface area (Å²) in [5.74, 6) is 0. The van der Waals surface area contributed by atoms with Crippen molar-refractivity contribution >= 4 is 23.2 Å². The quantitative estimate of drug-likeness (QED) is 0.780. The summed E-state index contributed by atoms with van der Waals surface area (Å²) in [4.78, 5) is 0. The van der Waals surface area contributed by atoms with Crippen LogP contribution in [0.5, 0.6) is 0 Å². The fourth-order valence-corrected chi connectivity index (χ4v) is 2.68. The molecule has 1 aromatic rings. The third kappa shape index (κ3) is 1.77. The van der Waals surface area contributed by atoms with Gasteiger partial charge in [-0.15, -0.1) is 0 Å². The molecule has 0 aromatic heterocycles. The molecule has 1 aliphatic rings. The predicted octanol–water partition coefficient (Wildman–Crippen LogP) is 3.76. The summed E-state index contributed by atoms with van der Waals surface area (Å²) in [7, 11) is 0. The number of hydrogen-bond donors (Lipinski definition) is 1. The molecular formula is C11H12Cl2O. The molecule has 3 heteroatoms. The molecule has 14 heavy (non-hydrogen) atoms. The molecule has 0 aliphatic heterocycles. The molecule has 1 nitrogen and oxygen atoms in total. The van der Waals surface area contributed by atoms with Gasteiger partial charge in [0.2, 0.25) is 0 Å². The molecule has 0 bridgehead atoms. The summed E-state index contributed by atoms with van der Waals surface area (Å²) in [5, 5.41) is 11.5. The van der Waals surface area contributed by atoms with E-state index in [1.54, 1.807) is 12.1 Å². The Morgan fingerprint density at radius 2 is 1.79 bits per heavy atom. The van der Waals surface area contributed by atoms with Gasteiger partial charge in [-0.25, -0.2) is 0 Å². The fraction of sp³-hybridized carbons (Fsp3) is 0.455. The molecule has 1 fully saturated rings. The Labute approximate surface area is 93.7 Å². The van der Waals surface area contributed by atoms with Crippen molar-refractivity contribution in [3.63, 3.8) is 0 Å². The van der Waals surface area contributed by atoms with E-state index in [9.17, 15) is 5.11 Å². The summed E-state index contributed by atoms with van der Waals surface area (Å²) in [6.07, 6.45) is 3.73. The van der Waals surface area contributed by atoms with Crippen LogP contribution in [0.2, 0.25) is 10.0 Å². The van der Waals surface area contributed by atoms with Crippen LogP contribution in [0, 0.1) is 0 Å². The van der Waals surface area contributed by atoms with E-state index < -0.39 is 5.60 Å². The van der Waals surface area contributed by atoms with Crippen LogP contribution in [0.3, 0.4) is 0 Å². The topological polar surface area (TPSA) is 20.2 Å². The number of hydrogen-bond acceptors (Lipinski definition) is 1. The fourth-order valence-electron chi connectivity index (χ4n) is 2.10. The molecule has 76 valence electrons. The minimum Gasteiger partial charge on any atom is -0.385 e. The summed E-state index contributed by atoms with van der Waals surface area (Å²) in [6.45, 7) is 0. The SMILES string of the molecule is OC1(c2ccc(Cl)cc2Cl)CCCC1. The lowest BCUT2D eigenvalue weighted by molar-refractivity contribution is 0.0446. The second kappa shape index (κ2) is 3.73. The van der Waals surface area contributed by atoms with Crippen molar-refractivity contribution in [2.45, 2.75) is 31.3 Å². The predicted molar refractivity (Wildman–Crippen MR) is 58.8 cm³/mol. The molecule has 0 atom stereocenters. The van der Waals surface area contributed by atoms with Gasteiger partial charge in [0, 0.05) is 15.6 Å². The van der Waals surface area contributed by atoms with Crippen LogP contribution in [0.15, 0.2) is 18.2 Å². The highest BCUT2D eigenvalue weighted by Gasteiger charge is 2.34. The Balaban J connectivity index is 2.40. The Morgan fingerprint density at radius 3 is 2.36 bits per heavy atom. The number of benzene rings is 1. The van der Waals surface area contributed by atoms with E-state index in [1.165, 1.54) is 0 Å². The average Bonchev–Trinajstić information content (AvgIpc) is 2.52. The van der Waals surface area contributed by atoms with Crippen LogP contribution in [0.25, 0.3) is 0 Å². The van der Waals surface area contributed by atoms with Gasteiger partial charge in [0.25, 0.3) is 0 Å². The van der Waals surface area contributed by atoms with Crippen molar-refractivity contribution in [3.05, 3.63) is 33.8 Å². The van der Waals surface area contributed by atoms with Crippen LogP contribution in [-0.4, -0.2) is 5.11 Å². The van der Waals surface area contributed by atoms with Gasteiger partial charge < -0.3 is 5.11 Å². The van der Waals surface area contributed by atoms with Gasteiger partial charge in [-0.2, -0.15) is 0 Å². The minimum atomic E-state index is -0.721. The van der Waals surface area contributed by atoms with Crippen molar-refractivity contribution in [1.82, 2.24) is 0 Å². The van der Waals surface area contributed by atoms with Crippen LogP contribution in [0.1, 0.15) is 31.2 Å². The summed E-state index contributed by atoms with van der Waals surface area (Å²) < 4.78 is 0. The van der Waals surface area contributed by atoms with Gasteiger partial charge in [-0.1, -0.05) is 42.1 Å². The lowest BCUT2D eigenvalue weighted by Gasteiger charge is -2.23. The van der Waals surface area contributed by atoms with Gasteiger partial charge in [0.15, 0.2) is 0 Å². The van der Waals surface area contributed by atoms with Gasteiger partial charge in [-0.05, 0) is 25.0 Å². The maximum absolute atomic E-state index is 10.3. The van der Waals surface area contributed by atoms with Gasteiger partial charge >= 0.3 is 0 Å². The highest BCUT2D eigenvalue weighted by atomic mass is 35.5. The van der Waals surface area contributed by atoms with E-state index in [2.05, 4.69) is 0 Å². The van der Waals surface area contributed by atoms with Crippen LogP contribution in [-0.2, 0) is 5.60 Å². The molecule has 0 saturated heterocycles. The largest absolute Gasteiger partial charge is 0.385 e. The lowest BCUT2D eigenvalue weighted by atomic mass is 9.92. The normalized spacial score (nSPS) is 19.9. The number of halogens is 2. The van der Waals surface area contributed by atoms with Crippen molar-refractivity contribution in [3.8, 4) is 0 Å².